The molecule has 2 aromatic rings. The molecule has 0 aliphatic heterocycles. The van der Waals surface area contributed by atoms with Crippen molar-refractivity contribution in [3.8, 4) is 0 Å². The van der Waals surface area contributed by atoms with Crippen LogP contribution in [0.15, 0.2) is 24.4 Å². The van der Waals surface area contributed by atoms with Gasteiger partial charge in [-0.3, -0.25) is 19.7 Å². The van der Waals surface area contributed by atoms with E-state index >= 15 is 0 Å². The number of alkyl halides is 3. The number of carbonyl (C=O) groups is 2. The SMILES string of the molecule is NC(=O)c1cnc(NC(=O)CCNc2ccc(C(F)(F)F)cc2[N+](=O)[O-])s1. The monoisotopic (exact) mass is 403 g/mol. The van der Waals surface area contributed by atoms with Gasteiger partial charge in [0.2, 0.25) is 5.91 Å². The van der Waals surface area contributed by atoms with E-state index in [1.54, 1.807) is 0 Å². The van der Waals surface area contributed by atoms with E-state index in [1.165, 1.54) is 6.20 Å². The number of benzene rings is 1. The summed E-state index contributed by atoms with van der Waals surface area (Å²) in [5, 5.41) is 16.1. The lowest BCUT2D eigenvalue weighted by Crippen LogP contribution is -2.16. The molecule has 0 unspecified atom stereocenters. The lowest BCUT2D eigenvalue weighted by atomic mass is 10.1. The Bertz CT molecular complexity index is 884. The van der Waals surface area contributed by atoms with Gasteiger partial charge in [-0.2, -0.15) is 13.2 Å². The van der Waals surface area contributed by atoms with E-state index in [4.69, 9.17) is 5.73 Å². The largest absolute Gasteiger partial charge is 0.416 e. The summed E-state index contributed by atoms with van der Waals surface area (Å²) in [6.45, 7) is -0.0773. The molecule has 2 rings (SSSR count). The summed E-state index contributed by atoms with van der Waals surface area (Å²) in [6.07, 6.45) is -3.66. The Morgan fingerprint density at radius 3 is 2.59 bits per heavy atom. The summed E-state index contributed by atoms with van der Waals surface area (Å²) in [6, 6.07) is 2.05. The molecule has 0 aliphatic carbocycles. The number of hydrogen-bond donors (Lipinski definition) is 3. The van der Waals surface area contributed by atoms with Crippen molar-refractivity contribution in [2.45, 2.75) is 12.6 Å². The van der Waals surface area contributed by atoms with Crippen molar-refractivity contribution in [2.75, 3.05) is 17.2 Å². The molecule has 0 bridgehead atoms. The Kier molecular flexibility index (Phi) is 5.95. The van der Waals surface area contributed by atoms with Crippen LogP contribution in [0.25, 0.3) is 0 Å². The third-order valence-corrected chi connectivity index (χ3v) is 4.11. The minimum atomic E-state index is -4.71. The van der Waals surface area contributed by atoms with Gasteiger partial charge in [0.15, 0.2) is 5.13 Å². The maximum absolute atomic E-state index is 12.6. The summed E-state index contributed by atoms with van der Waals surface area (Å²) in [5.41, 5.74) is 3.01. The Hall–Kier alpha value is -3.22. The highest BCUT2D eigenvalue weighted by Gasteiger charge is 2.33. The number of nitro benzene ring substituents is 1. The number of nitrogens with one attached hydrogen (secondary N) is 2. The molecule has 13 heteroatoms. The molecule has 0 fully saturated rings. The summed E-state index contributed by atoms with van der Waals surface area (Å²) < 4.78 is 37.9. The summed E-state index contributed by atoms with van der Waals surface area (Å²) in [7, 11) is 0. The van der Waals surface area contributed by atoms with E-state index < -0.39 is 34.2 Å². The zero-order valence-corrected chi connectivity index (χ0v) is 14.2. The van der Waals surface area contributed by atoms with Gasteiger partial charge in [-0.15, -0.1) is 0 Å². The van der Waals surface area contributed by atoms with Crippen molar-refractivity contribution >= 4 is 39.7 Å². The van der Waals surface area contributed by atoms with Crippen molar-refractivity contribution in [2.24, 2.45) is 5.73 Å². The normalized spacial score (nSPS) is 11.1. The number of thiazole rings is 1. The first-order valence-corrected chi connectivity index (χ1v) is 8.04. The first-order chi connectivity index (χ1) is 12.6. The number of nitro groups is 1. The lowest BCUT2D eigenvalue weighted by Gasteiger charge is -2.10. The van der Waals surface area contributed by atoms with Gasteiger partial charge in [0.1, 0.15) is 10.6 Å². The third kappa shape index (κ3) is 5.37. The van der Waals surface area contributed by atoms with Crippen LogP contribution < -0.4 is 16.4 Å². The standard InChI is InChI=1S/C14H12F3N5O4S/c15-14(16,17)7-1-2-8(9(5-7)22(25)26)19-4-3-11(23)21-13-20-6-10(27-13)12(18)24/h1-2,5-6,19H,3-4H2,(H2,18,24)(H,20,21,23). The molecule has 0 radical (unpaired) electrons. The second-order valence-electron chi connectivity index (χ2n) is 5.11. The smallest absolute Gasteiger partial charge is 0.379 e. The van der Waals surface area contributed by atoms with E-state index in [0.29, 0.717) is 12.1 Å². The molecule has 0 atom stereocenters. The molecule has 0 saturated carbocycles. The number of carbonyl (C=O) groups excluding carboxylic acids is 2. The van der Waals surface area contributed by atoms with Crippen LogP contribution in [0.4, 0.5) is 29.7 Å². The Labute approximate surface area is 153 Å². The zero-order chi connectivity index (χ0) is 20.2. The second-order valence-corrected chi connectivity index (χ2v) is 6.14. The quantitative estimate of drug-likeness (QED) is 0.479. The number of nitrogens with two attached hydrogens (primary N) is 1. The predicted octanol–water partition coefficient (Wildman–Crippen LogP) is 2.61. The van der Waals surface area contributed by atoms with Crippen molar-refractivity contribution in [3.63, 3.8) is 0 Å². The lowest BCUT2D eigenvalue weighted by molar-refractivity contribution is -0.384. The molecule has 0 saturated heterocycles. The molecule has 27 heavy (non-hydrogen) atoms. The summed E-state index contributed by atoms with van der Waals surface area (Å²) in [5.74, 6) is -1.20. The number of rotatable bonds is 7. The van der Waals surface area contributed by atoms with E-state index in [2.05, 4.69) is 15.6 Å². The van der Waals surface area contributed by atoms with Crippen LogP contribution in [0.2, 0.25) is 0 Å². The van der Waals surface area contributed by atoms with Crippen molar-refractivity contribution in [1.29, 1.82) is 0 Å². The number of primary amides is 1. The topological polar surface area (TPSA) is 140 Å². The van der Waals surface area contributed by atoms with Gasteiger partial charge in [-0.1, -0.05) is 11.3 Å². The van der Waals surface area contributed by atoms with E-state index in [9.17, 15) is 32.9 Å². The van der Waals surface area contributed by atoms with Crippen LogP contribution in [0.1, 0.15) is 21.7 Å². The van der Waals surface area contributed by atoms with Crippen molar-refractivity contribution < 1.29 is 27.7 Å². The zero-order valence-electron chi connectivity index (χ0n) is 13.4. The van der Waals surface area contributed by atoms with Gasteiger partial charge in [-0.25, -0.2) is 4.98 Å². The molecule has 4 N–H and O–H groups in total. The van der Waals surface area contributed by atoms with Crippen molar-refractivity contribution in [3.05, 3.63) is 45.0 Å². The molecule has 9 nitrogen and oxygen atoms in total. The Morgan fingerprint density at radius 1 is 1.33 bits per heavy atom. The molecular formula is C14H12F3N5O4S. The fraction of sp³-hybridized carbons (Fsp3) is 0.214. The Morgan fingerprint density at radius 2 is 2.04 bits per heavy atom. The fourth-order valence-electron chi connectivity index (χ4n) is 1.95. The average Bonchev–Trinajstić information content (AvgIpc) is 3.02. The maximum Gasteiger partial charge on any atom is 0.416 e. The molecule has 1 aromatic heterocycles. The number of amides is 2. The number of halogens is 3. The molecular weight excluding hydrogens is 391 g/mol. The highest BCUT2D eigenvalue weighted by Crippen LogP contribution is 2.34. The van der Waals surface area contributed by atoms with Gasteiger partial charge in [0.05, 0.1) is 16.7 Å². The van der Waals surface area contributed by atoms with Gasteiger partial charge in [0, 0.05) is 19.0 Å². The second kappa shape index (κ2) is 7.99. The summed E-state index contributed by atoms with van der Waals surface area (Å²) >= 11 is 0.876. The minimum absolute atomic E-state index is 0.0773. The highest BCUT2D eigenvalue weighted by molar-refractivity contribution is 7.17. The summed E-state index contributed by atoms with van der Waals surface area (Å²) in [4.78, 5) is 36.7. The van der Waals surface area contributed by atoms with Crippen LogP contribution in [0, 0.1) is 10.1 Å². The van der Waals surface area contributed by atoms with Crippen LogP contribution in [-0.2, 0) is 11.0 Å². The number of hydrogen-bond acceptors (Lipinski definition) is 7. The third-order valence-electron chi connectivity index (χ3n) is 3.18. The van der Waals surface area contributed by atoms with E-state index in [-0.39, 0.29) is 28.7 Å². The van der Waals surface area contributed by atoms with Gasteiger partial charge < -0.3 is 16.4 Å². The predicted molar refractivity (Wildman–Crippen MR) is 90.5 cm³/mol. The van der Waals surface area contributed by atoms with Crippen LogP contribution >= 0.6 is 11.3 Å². The number of aromatic nitrogens is 1. The Balaban J connectivity index is 1.96. The molecule has 1 heterocycles. The van der Waals surface area contributed by atoms with Crippen molar-refractivity contribution in [1.82, 2.24) is 4.98 Å². The van der Waals surface area contributed by atoms with Crippen LogP contribution in [0.5, 0.6) is 0 Å². The minimum Gasteiger partial charge on any atom is -0.379 e. The highest BCUT2D eigenvalue weighted by atomic mass is 32.1. The molecule has 0 aliphatic rings. The number of anilines is 2. The van der Waals surface area contributed by atoms with E-state index in [0.717, 1.165) is 17.4 Å². The first-order valence-electron chi connectivity index (χ1n) is 7.23. The first kappa shape index (κ1) is 20.1. The molecule has 144 valence electrons. The van der Waals surface area contributed by atoms with Crippen LogP contribution in [-0.4, -0.2) is 28.3 Å². The van der Waals surface area contributed by atoms with Gasteiger partial charge in [-0.05, 0) is 12.1 Å². The molecule has 1 aromatic carbocycles. The maximum atomic E-state index is 12.6. The average molecular weight is 403 g/mol. The fourth-order valence-corrected chi connectivity index (χ4v) is 2.63. The van der Waals surface area contributed by atoms with Gasteiger partial charge >= 0.3 is 6.18 Å². The van der Waals surface area contributed by atoms with E-state index in [1.807, 2.05) is 0 Å². The van der Waals surface area contributed by atoms with Crippen LogP contribution in [0.3, 0.4) is 0 Å². The molecule has 0 spiro atoms. The number of nitrogens with zero attached hydrogens (tertiary/aromatic N) is 2. The molecule has 2 amide bonds. The van der Waals surface area contributed by atoms with Gasteiger partial charge in [0.25, 0.3) is 11.6 Å².